The molecule has 0 aliphatic carbocycles. The number of aromatic nitrogens is 2. The zero-order valence-electron chi connectivity index (χ0n) is 25.4. The number of ether oxygens (including phenoxy) is 2. The van der Waals surface area contributed by atoms with E-state index in [9.17, 15) is 22.8 Å². The van der Waals surface area contributed by atoms with Gasteiger partial charge in [0.25, 0.3) is 0 Å². The van der Waals surface area contributed by atoms with E-state index in [4.69, 9.17) is 9.47 Å². The van der Waals surface area contributed by atoms with Crippen molar-refractivity contribution in [1.82, 2.24) is 15.3 Å². The van der Waals surface area contributed by atoms with Gasteiger partial charge in [0.15, 0.2) is 0 Å². The van der Waals surface area contributed by atoms with E-state index in [1.165, 1.54) is 28.4 Å². The van der Waals surface area contributed by atoms with Crippen LogP contribution < -0.4 is 10.2 Å². The number of benzene rings is 2. The largest absolute Gasteiger partial charge is 0.444 e. The minimum Gasteiger partial charge on any atom is -0.444 e. The van der Waals surface area contributed by atoms with Crippen molar-refractivity contribution in [1.29, 1.82) is 0 Å². The van der Waals surface area contributed by atoms with E-state index < -0.39 is 41.2 Å². The van der Waals surface area contributed by atoms with Crippen LogP contribution in [0.5, 0.6) is 0 Å². The Morgan fingerprint density at radius 1 is 0.909 bits per heavy atom. The molecule has 12 heteroatoms. The van der Waals surface area contributed by atoms with E-state index in [2.05, 4.69) is 15.3 Å². The summed E-state index contributed by atoms with van der Waals surface area (Å²) >= 11 is 1.27. The summed E-state index contributed by atoms with van der Waals surface area (Å²) < 4.78 is 50.6. The summed E-state index contributed by atoms with van der Waals surface area (Å²) in [5.41, 5.74) is -1.03. The van der Waals surface area contributed by atoms with Gasteiger partial charge in [0.05, 0.1) is 24.3 Å². The second-order valence-corrected chi connectivity index (χ2v) is 13.3. The molecule has 1 atom stereocenters. The molecule has 2 heterocycles. The Morgan fingerprint density at radius 3 is 2.23 bits per heavy atom. The summed E-state index contributed by atoms with van der Waals surface area (Å²) in [5, 5.41) is 5.87. The number of nitrogens with one attached hydrogen (secondary N) is 1. The van der Waals surface area contributed by atoms with Gasteiger partial charge in [-0.3, -0.25) is 9.88 Å². The summed E-state index contributed by atoms with van der Waals surface area (Å²) in [6, 6.07) is 11.7. The number of amides is 2. The number of halogens is 3. The van der Waals surface area contributed by atoms with Gasteiger partial charge in [0.1, 0.15) is 21.2 Å². The zero-order chi connectivity index (χ0) is 32.3. The Balaban J connectivity index is 1.67. The van der Waals surface area contributed by atoms with Crippen molar-refractivity contribution >= 4 is 39.3 Å². The van der Waals surface area contributed by atoms with Gasteiger partial charge in [-0.2, -0.15) is 13.2 Å². The molecular formula is C32H35F3N4O4S. The third-order valence-corrected chi connectivity index (χ3v) is 7.22. The van der Waals surface area contributed by atoms with E-state index in [1.54, 1.807) is 60.1 Å². The summed E-state index contributed by atoms with van der Waals surface area (Å²) in [7, 11) is 0. The second-order valence-electron chi connectivity index (χ2n) is 12.3. The number of hydrogen-bond donors (Lipinski definition) is 1. The predicted molar refractivity (Wildman–Crippen MR) is 165 cm³/mol. The molecule has 2 aromatic heterocycles. The molecule has 4 aromatic rings. The van der Waals surface area contributed by atoms with Gasteiger partial charge in [0, 0.05) is 23.3 Å². The SMILES string of the molecule is CC(C)(C)OC(=O)N[C@H](Cc1ccc(C(F)(F)F)cc1)CN(C(=O)OC(C)(C)C)c1cnc(-c2ccc3cnccc3c2)s1. The van der Waals surface area contributed by atoms with Gasteiger partial charge in [-0.15, -0.1) is 0 Å². The molecule has 8 nitrogen and oxygen atoms in total. The Bertz CT molecular complexity index is 1610. The van der Waals surface area contributed by atoms with E-state index in [1.807, 2.05) is 24.3 Å². The molecule has 0 bridgehead atoms. The van der Waals surface area contributed by atoms with Crippen LogP contribution in [0.2, 0.25) is 0 Å². The number of carbonyl (C=O) groups is 2. The lowest BCUT2D eigenvalue weighted by atomic mass is 10.0. The fourth-order valence-corrected chi connectivity index (χ4v) is 5.19. The van der Waals surface area contributed by atoms with Crippen LogP contribution in [0, 0.1) is 0 Å². The topological polar surface area (TPSA) is 93.7 Å². The Hall–Kier alpha value is -4.19. The molecule has 2 aromatic carbocycles. The van der Waals surface area contributed by atoms with Gasteiger partial charge in [-0.1, -0.05) is 35.6 Å². The smallest absolute Gasteiger partial charge is 0.416 e. The maximum absolute atomic E-state index is 13.5. The number of alkyl carbamates (subject to hydrolysis) is 1. The molecule has 0 aliphatic heterocycles. The molecule has 4 rings (SSSR count). The summed E-state index contributed by atoms with van der Waals surface area (Å²) in [5.74, 6) is 0. The standard InChI is InChI=1S/C32H35F3N4O4S/c1-30(2,3)42-28(40)38-25(15-20-7-11-24(12-8-20)32(33,34)35)19-39(29(41)43-31(4,5)6)26-18-37-27(44-26)22-9-10-23-17-36-14-13-21(23)16-22/h7-14,16-18,25H,15,19H2,1-6H3,(H,38,40)/t25-/m1/s1. The first-order valence-corrected chi connectivity index (χ1v) is 14.7. The van der Waals surface area contributed by atoms with E-state index >= 15 is 0 Å². The number of pyridine rings is 1. The van der Waals surface area contributed by atoms with Crippen LogP contribution in [0.3, 0.4) is 0 Å². The maximum atomic E-state index is 13.5. The van der Waals surface area contributed by atoms with Crippen molar-refractivity contribution in [2.75, 3.05) is 11.4 Å². The minimum absolute atomic E-state index is 0.0692. The van der Waals surface area contributed by atoms with Gasteiger partial charge < -0.3 is 14.8 Å². The van der Waals surface area contributed by atoms with Crippen molar-refractivity contribution < 1.29 is 32.2 Å². The molecule has 1 N–H and O–H groups in total. The zero-order valence-corrected chi connectivity index (χ0v) is 26.2. The first-order chi connectivity index (χ1) is 20.5. The molecule has 0 saturated carbocycles. The van der Waals surface area contributed by atoms with Gasteiger partial charge in [0.2, 0.25) is 0 Å². The average Bonchev–Trinajstić information content (AvgIpc) is 3.39. The van der Waals surface area contributed by atoms with E-state index in [0.717, 1.165) is 28.5 Å². The highest BCUT2D eigenvalue weighted by Gasteiger charge is 2.32. The van der Waals surface area contributed by atoms with Crippen molar-refractivity contribution in [2.24, 2.45) is 0 Å². The molecule has 0 spiro atoms. The molecule has 2 amide bonds. The van der Waals surface area contributed by atoms with Crippen LogP contribution in [-0.2, 0) is 22.1 Å². The monoisotopic (exact) mass is 628 g/mol. The maximum Gasteiger partial charge on any atom is 0.416 e. The van der Waals surface area contributed by atoms with E-state index in [-0.39, 0.29) is 13.0 Å². The van der Waals surface area contributed by atoms with Crippen molar-refractivity contribution in [2.45, 2.75) is 71.4 Å². The molecule has 234 valence electrons. The molecule has 0 saturated heterocycles. The molecule has 44 heavy (non-hydrogen) atoms. The van der Waals surface area contributed by atoms with Crippen LogP contribution in [0.25, 0.3) is 21.3 Å². The number of alkyl halides is 3. The highest BCUT2D eigenvalue weighted by Crippen LogP contribution is 2.34. The number of nitrogens with zero attached hydrogens (tertiary/aromatic N) is 3. The number of hydrogen-bond acceptors (Lipinski definition) is 7. The van der Waals surface area contributed by atoms with E-state index in [0.29, 0.717) is 15.6 Å². The van der Waals surface area contributed by atoms with Crippen molar-refractivity contribution in [3.05, 3.63) is 78.2 Å². The number of fused-ring (bicyclic) bond motifs is 1. The fourth-order valence-electron chi connectivity index (χ4n) is 4.28. The summed E-state index contributed by atoms with van der Waals surface area (Å²) in [6.45, 7) is 10.3. The highest BCUT2D eigenvalue weighted by molar-refractivity contribution is 7.19. The van der Waals surface area contributed by atoms with Gasteiger partial charge in [-0.05, 0) is 83.2 Å². The van der Waals surface area contributed by atoms with Crippen LogP contribution >= 0.6 is 11.3 Å². The number of anilines is 1. The summed E-state index contributed by atoms with van der Waals surface area (Å²) in [4.78, 5) is 36.5. The summed E-state index contributed by atoms with van der Waals surface area (Å²) in [6.07, 6.45) is -0.727. The lowest BCUT2D eigenvalue weighted by Crippen LogP contribution is -2.49. The van der Waals surface area contributed by atoms with Crippen LogP contribution in [-0.4, -0.2) is 45.9 Å². The normalized spacial score (nSPS) is 12.9. The first kappa shape index (κ1) is 32.7. The van der Waals surface area contributed by atoms with Crippen molar-refractivity contribution in [3.63, 3.8) is 0 Å². The number of carbonyl (C=O) groups excluding carboxylic acids is 2. The van der Waals surface area contributed by atoms with Gasteiger partial charge >= 0.3 is 18.4 Å². The fraction of sp³-hybridized carbons (Fsp3) is 0.375. The number of thiazole rings is 1. The second kappa shape index (κ2) is 12.8. The highest BCUT2D eigenvalue weighted by atomic mass is 32.1. The van der Waals surface area contributed by atoms with Gasteiger partial charge in [-0.25, -0.2) is 14.6 Å². The lowest BCUT2D eigenvalue weighted by molar-refractivity contribution is -0.137. The van der Waals surface area contributed by atoms with Crippen LogP contribution in [0.4, 0.5) is 27.8 Å². The molecule has 0 radical (unpaired) electrons. The van der Waals surface area contributed by atoms with Crippen molar-refractivity contribution in [3.8, 4) is 10.6 Å². The lowest BCUT2D eigenvalue weighted by Gasteiger charge is -2.30. The Labute approximate surface area is 258 Å². The molecule has 0 aliphatic rings. The third-order valence-electron chi connectivity index (χ3n) is 6.15. The van der Waals surface area contributed by atoms with Crippen LogP contribution in [0.1, 0.15) is 52.7 Å². The number of rotatable bonds is 7. The Morgan fingerprint density at radius 2 is 1.59 bits per heavy atom. The quantitative estimate of drug-likeness (QED) is 0.222. The molecular weight excluding hydrogens is 593 g/mol. The third kappa shape index (κ3) is 9.15. The van der Waals surface area contributed by atoms with Crippen LogP contribution in [0.15, 0.2) is 67.1 Å². The Kier molecular flexibility index (Phi) is 9.53. The average molecular weight is 629 g/mol. The first-order valence-electron chi connectivity index (χ1n) is 13.9. The predicted octanol–water partition coefficient (Wildman–Crippen LogP) is 8.25. The minimum atomic E-state index is -4.48. The molecule has 0 unspecified atom stereocenters. The molecule has 0 fully saturated rings.